The number of aliphatic hydroxyl groups excluding tert-OH is 1. The smallest absolute Gasteiger partial charge is 0.303 e. The first-order valence-electron chi connectivity index (χ1n) is 5.25. The minimum Gasteiger partial charge on any atom is -0.481 e. The maximum absolute atomic E-state index is 13.3. The Kier molecular flexibility index (Phi) is 4.57. The molecule has 0 saturated carbocycles. The molecule has 0 amide bonds. The van der Waals surface area contributed by atoms with Gasteiger partial charge >= 0.3 is 5.97 Å². The van der Waals surface area contributed by atoms with Crippen LogP contribution in [0, 0.1) is 17.6 Å². The predicted octanol–water partition coefficient (Wildman–Crippen LogP) is 2.50. The van der Waals surface area contributed by atoms with Gasteiger partial charge in [0.2, 0.25) is 0 Å². The quantitative estimate of drug-likeness (QED) is 0.836. The summed E-state index contributed by atoms with van der Waals surface area (Å²) in [5.41, 5.74) is -0.137. The van der Waals surface area contributed by atoms with Gasteiger partial charge in [-0.2, -0.15) is 0 Å². The van der Waals surface area contributed by atoms with Crippen LogP contribution in [0.3, 0.4) is 0 Å². The molecular formula is C12H14F2O3. The first-order chi connectivity index (χ1) is 7.90. The molecule has 2 unspecified atom stereocenters. The van der Waals surface area contributed by atoms with E-state index in [4.69, 9.17) is 5.11 Å². The summed E-state index contributed by atoms with van der Waals surface area (Å²) >= 11 is 0. The standard InChI is InChI=1S/C12H14F2O3/c1-7(5-12(16)17)4-11(15)9-6-8(13)2-3-10(9)14/h2-3,6-7,11,15H,4-5H2,1H3,(H,16,17). The maximum atomic E-state index is 13.3. The number of carbonyl (C=O) groups is 1. The summed E-state index contributed by atoms with van der Waals surface area (Å²) in [6, 6.07) is 2.83. The normalized spacial score (nSPS) is 14.4. The van der Waals surface area contributed by atoms with Crippen LogP contribution in [0.15, 0.2) is 18.2 Å². The monoisotopic (exact) mass is 244 g/mol. The summed E-state index contributed by atoms with van der Waals surface area (Å²) in [6.07, 6.45) is -1.24. The summed E-state index contributed by atoms with van der Waals surface area (Å²) in [5, 5.41) is 18.3. The van der Waals surface area contributed by atoms with Crippen molar-refractivity contribution in [3.63, 3.8) is 0 Å². The molecule has 0 radical (unpaired) electrons. The first kappa shape index (κ1) is 13.6. The highest BCUT2D eigenvalue weighted by Crippen LogP contribution is 2.25. The van der Waals surface area contributed by atoms with Crippen LogP contribution in [0.25, 0.3) is 0 Å². The lowest BCUT2D eigenvalue weighted by Crippen LogP contribution is -2.10. The van der Waals surface area contributed by atoms with E-state index in [0.717, 1.165) is 18.2 Å². The zero-order valence-corrected chi connectivity index (χ0v) is 9.36. The lowest BCUT2D eigenvalue weighted by atomic mass is 9.95. The molecule has 1 aromatic rings. The molecule has 0 aliphatic rings. The lowest BCUT2D eigenvalue weighted by Gasteiger charge is -2.15. The molecule has 0 bridgehead atoms. The van der Waals surface area contributed by atoms with Gasteiger partial charge in [-0.25, -0.2) is 8.78 Å². The highest BCUT2D eigenvalue weighted by atomic mass is 19.1. The summed E-state index contributed by atoms with van der Waals surface area (Å²) in [4.78, 5) is 10.4. The molecule has 3 nitrogen and oxygen atoms in total. The molecule has 1 aromatic carbocycles. The molecule has 94 valence electrons. The molecule has 0 aliphatic heterocycles. The van der Waals surface area contributed by atoms with Crippen LogP contribution in [-0.2, 0) is 4.79 Å². The minimum atomic E-state index is -1.19. The molecular weight excluding hydrogens is 230 g/mol. The number of benzene rings is 1. The average Bonchev–Trinajstić information content (AvgIpc) is 2.20. The van der Waals surface area contributed by atoms with E-state index in [9.17, 15) is 18.7 Å². The van der Waals surface area contributed by atoms with Gasteiger partial charge in [0.15, 0.2) is 0 Å². The number of aliphatic carboxylic acids is 1. The van der Waals surface area contributed by atoms with Crippen LogP contribution in [0.1, 0.15) is 31.4 Å². The number of rotatable bonds is 5. The van der Waals surface area contributed by atoms with E-state index in [1.54, 1.807) is 6.92 Å². The second-order valence-electron chi connectivity index (χ2n) is 4.12. The Morgan fingerprint density at radius 2 is 2.06 bits per heavy atom. The van der Waals surface area contributed by atoms with Crippen molar-refractivity contribution in [3.05, 3.63) is 35.4 Å². The number of hydrogen-bond acceptors (Lipinski definition) is 2. The first-order valence-corrected chi connectivity index (χ1v) is 5.25. The van der Waals surface area contributed by atoms with Gasteiger partial charge in [0.05, 0.1) is 6.10 Å². The van der Waals surface area contributed by atoms with Gasteiger partial charge in [-0.05, 0) is 30.5 Å². The molecule has 0 aliphatic carbocycles. The van der Waals surface area contributed by atoms with E-state index >= 15 is 0 Å². The van der Waals surface area contributed by atoms with Gasteiger partial charge in [0.25, 0.3) is 0 Å². The second kappa shape index (κ2) is 5.72. The van der Waals surface area contributed by atoms with E-state index in [1.165, 1.54) is 0 Å². The molecule has 0 heterocycles. The summed E-state index contributed by atoms with van der Waals surface area (Å²) in [6.45, 7) is 1.63. The third-order valence-corrected chi connectivity index (χ3v) is 2.47. The van der Waals surface area contributed by atoms with Gasteiger partial charge in [-0.1, -0.05) is 6.92 Å². The number of carboxylic acid groups (broad SMARTS) is 1. The lowest BCUT2D eigenvalue weighted by molar-refractivity contribution is -0.138. The third-order valence-electron chi connectivity index (χ3n) is 2.47. The molecule has 0 saturated heterocycles. The Bertz CT molecular complexity index is 407. The van der Waals surface area contributed by atoms with Crippen LogP contribution in [-0.4, -0.2) is 16.2 Å². The van der Waals surface area contributed by atoms with E-state index in [1.807, 2.05) is 0 Å². The Balaban J connectivity index is 2.72. The largest absolute Gasteiger partial charge is 0.481 e. The van der Waals surface area contributed by atoms with Crippen molar-refractivity contribution in [2.75, 3.05) is 0 Å². The highest BCUT2D eigenvalue weighted by molar-refractivity contribution is 5.66. The van der Waals surface area contributed by atoms with Gasteiger partial charge in [-0.15, -0.1) is 0 Å². The van der Waals surface area contributed by atoms with Crippen LogP contribution < -0.4 is 0 Å². The topological polar surface area (TPSA) is 57.5 Å². The SMILES string of the molecule is CC(CC(=O)O)CC(O)c1cc(F)ccc1F. The molecule has 2 atom stereocenters. The van der Waals surface area contributed by atoms with Crippen molar-refractivity contribution in [2.24, 2.45) is 5.92 Å². The van der Waals surface area contributed by atoms with Crippen LogP contribution in [0.4, 0.5) is 8.78 Å². The van der Waals surface area contributed by atoms with Gasteiger partial charge < -0.3 is 10.2 Å². The molecule has 0 fully saturated rings. The fourth-order valence-corrected chi connectivity index (χ4v) is 1.66. The fourth-order valence-electron chi connectivity index (χ4n) is 1.66. The molecule has 0 spiro atoms. The second-order valence-corrected chi connectivity index (χ2v) is 4.12. The van der Waals surface area contributed by atoms with Gasteiger partial charge in [-0.3, -0.25) is 4.79 Å². The molecule has 17 heavy (non-hydrogen) atoms. The number of halogens is 2. The van der Waals surface area contributed by atoms with Crippen LogP contribution in [0.2, 0.25) is 0 Å². The number of aliphatic hydroxyl groups is 1. The van der Waals surface area contributed by atoms with Crippen molar-refractivity contribution in [2.45, 2.75) is 25.9 Å². The minimum absolute atomic E-state index is 0.0761. The van der Waals surface area contributed by atoms with E-state index < -0.39 is 23.7 Å². The summed E-state index contributed by atoms with van der Waals surface area (Å²) in [7, 11) is 0. The Morgan fingerprint density at radius 1 is 1.41 bits per heavy atom. The van der Waals surface area contributed by atoms with Crippen molar-refractivity contribution < 1.29 is 23.8 Å². The third kappa shape index (κ3) is 4.11. The van der Waals surface area contributed by atoms with Gasteiger partial charge in [0, 0.05) is 12.0 Å². The number of hydrogen-bond donors (Lipinski definition) is 2. The number of carboxylic acids is 1. The van der Waals surface area contributed by atoms with E-state index in [2.05, 4.69) is 0 Å². The fraction of sp³-hybridized carbons (Fsp3) is 0.417. The van der Waals surface area contributed by atoms with E-state index in [-0.39, 0.29) is 24.3 Å². The summed E-state index contributed by atoms with van der Waals surface area (Å²) < 4.78 is 26.2. The molecule has 0 aromatic heterocycles. The Labute approximate surface area is 97.7 Å². The molecule has 5 heteroatoms. The molecule has 1 rings (SSSR count). The van der Waals surface area contributed by atoms with Crippen molar-refractivity contribution in [1.29, 1.82) is 0 Å². The van der Waals surface area contributed by atoms with Crippen molar-refractivity contribution in [1.82, 2.24) is 0 Å². The average molecular weight is 244 g/mol. The van der Waals surface area contributed by atoms with E-state index in [0.29, 0.717) is 0 Å². The summed E-state index contributed by atoms with van der Waals surface area (Å²) in [5.74, 6) is -2.62. The van der Waals surface area contributed by atoms with Crippen molar-refractivity contribution >= 4 is 5.97 Å². The Hall–Kier alpha value is -1.49. The molecule has 2 N–H and O–H groups in total. The Morgan fingerprint density at radius 3 is 2.65 bits per heavy atom. The van der Waals surface area contributed by atoms with Gasteiger partial charge in [0.1, 0.15) is 11.6 Å². The predicted molar refractivity (Wildman–Crippen MR) is 57.4 cm³/mol. The zero-order valence-electron chi connectivity index (χ0n) is 9.36. The van der Waals surface area contributed by atoms with Crippen LogP contribution >= 0.6 is 0 Å². The zero-order chi connectivity index (χ0) is 13.0. The highest BCUT2D eigenvalue weighted by Gasteiger charge is 2.18. The van der Waals surface area contributed by atoms with Crippen molar-refractivity contribution in [3.8, 4) is 0 Å². The maximum Gasteiger partial charge on any atom is 0.303 e. The van der Waals surface area contributed by atoms with Crippen LogP contribution in [0.5, 0.6) is 0 Å².